The standard InChI is InChI=1S/C36H58N4O9S/c1-9-24(6)26(18-30(42)28-13-10-11-16-39(28)8)36(47)40(21-48-33(45)17-22(2)3)29(23(4)5)19-31(49-25(7)41)35-38-27(20-50-35)34(46)37-15-12-14-32(43)44/h20,22-24,26,28-29,31H,9-19,21H2,1-8H3,(H,37,46)(H,43,44)/t24-,26-,28+,29+,31+/m0/s1. The van der Waals surface area contributed by atoms with Crippen molar-refractivity contribution in [2.75, 3.05) is 26.9 Å². The average molecular weight is 723 g/mol. The number of hydrogen-bond donors (Lipinski definition) is 2. The molecule has 0 unspecified atom stereocenters. The highest BCUT2D eigenvalue weighted by Gasteiger charge is 2.39. The summed E-state index contributed by atoms with van der Waals surface area (Å²) in [5.74, 6) is -3.69. The van der Waals surface area contributed by atoms with Gasteiger partial charge >= 0.3 is 17.9 Å². The largest absolute Gasteiger partial charge is 0.481 e. The molecule has 14 heteroatoms. The van der Waals surface area contributed by atoms with Crippen LogP contribution in [0.1, 0.15) is 128 Å². The number of ether oxygens (including phenoxy) is 2. The van der Waals surface area contributed by atoms with Gasteiger partial charge in [0.05, 0.1) is 6.04 Å². The molecule has 1 saturated heterocycles. The van der Waals surface area contributed by atoms with E-state index in [9.17, 15) is 28.8 Å². The van der Waals surface area contributed by atoms with E-state index in [2.05, 4.69) is 15.2 Å². The van der Waals surface area contributed by atoms with Gasteiger partial charge in [-0.1, -0.05) is 54.4 Å². The lowest BCUT2D eigenvalue weighted by atomic mass is 9.82. The third kappa shape index (κ3) is 13.7. The minimum absolute atomic E-state index is 0.0260. The molecule has 0 saturated carbocycles. The Morgan fingerprint density at radius 2 is 1.80 bits per heavy atom. The number of esters is 2. The number of aliphatic carboxylic acids is 1. The van der Waals surface area contributed by atoms with Gasteiger partial charge < -0.3 is 24.8 Å². The SMILES string of the molecule is CC[C@H](C)[C@H](CC(=O)[C@H]1CCCCN1C)C(=O)N(COC(=O)CC(C)C)[C@H](C[C@@H](OC(C)=O)c1nc(C(=O)NCCCC(=O)O)cs1)C(C)C. The van der Waals surface area contributed by atoms with Gasteiger partial charge in [0.15, 0.2) is 18.6 Å². The first kappa shape index (κ1) is 42.8. The molecule has 1 aromatic heterocycles. The van der Waals surface area contributed by atoms with E-state index in [0.717, 1.165) is 37.1 Å². The molecule has 0 radical (unpaired) electrons. The quantitative estimate of drug-likeness (QED) is 0.0966. The van der Waals surface area contributed by atoms with Crippen LogP contribution in [0.2, 0.25) is 0 Å². The number of carbonyl (C=O) groups is 6. The number of carbonyl (C=O) groups excluding carboxylic acids is 5. The third-order valence-electron chi connectivity index (χ3n) is 9.25. The summed E-state index contributed by atoms with van der Waals surface area (Å²) in [5, 5.41) is 13.4. The number of hydrogen-bond acceptors (Lipinski definition) is 11. The molecular formula is C36H58N4O9S. The number of ketones is 1. The minimum Gasteiger partial charge on any atom is -0.481 e. The summed E-state index contributed by atoms with van der Waals surface area (Å²) in [4.78, 5) is 85.1. The summed E-state index contributed by atoms with van der Waals surface area (Å²) in [6.07, 6.45) is 2.98. The molecule has 1 aliphatic rings. The molecule has 2 amide bonds. The lowest BCUT2D eigenvalue weighted by Gasteiger charge is -2.39. The molecule has 1 aromatic rings. The predicted octanol–water partition coefficient (Wildman–Crippen LogP) is 5.24. The number of thiazole rings is 1. The Kier molecular flexibility index (Phi) is 18.0. The van der Waals surface area contributed by atoms with E-state index in [1.807, 2.05) is 48.6 Å². The first-order valence-corrected chi connectivity index (χ1v) is 18.7. The summed E-state index contributed by atoms with van der Waals surface area (Å²) in [7, 11) is 1.94. The first-order valence-electron chi connectivity index (χ1n) is 17.9. The monoisotopic (exact) mass is 722 g/mol. The molecule has 50 heavy (non-hydrogen) atoms. The number of aromatic nitrogens is 1. The van der Waals surface area contributed by atoms with E-state index >= 15 is 0 Å². The van der Waals surface area contributed by atoms with E-state index < -0.39 is 41.9 Å². The highest BCUT2D eigenvalue weighted by atomic mass is 32.1. The molecule has 13 nitrogen and oxygen atoms in total. The van der Waals surface area contributed by atoms with Crippen LogP contribution in [0.3, 0.4) is 0 Å². The van der Waals surface area contributed by atoms with E-state index in [4.69, 9.17) is 14.6 Å². The van der Waals surface area contributed by atoms with Crippen molar-refractivity contribution >= 4 is 46.8 Å². The molecule has 2 heterocycles. The van der Waals surface area contributed by atoms with Crippen LogP contribution in [0.15, 0.2) is 5.38 Å². The molecule has 0 aliphatic carbocycles. The molecule has 2 rings (SSSR count). The molecule has 1 fully saturated rings. The van der Waals surface area contributed by atoms with Gasteiger partial charge in [-0.05, 0) is 50.6 Å². The number of amides is 2. The fourth-order valence-corrected chi connectivity index (χ4v) is 7.01. The van der Waals surface area contributed by atoms with E-state index in [1.54, 1.807) is 0 Å². The van der Waals surface area contributed by atoms with Gasteiger partial charge in [0.1, 0.15) is 10.7 Å². The van der Waals surface area contributed by atoms with Gasteiger partial charge in [0.2, 0.25) is 5.91 Å². The maximum absolute atomic E-state index is 14.7. The second kappa shape index (κ2) is 21.1. The van der Waals surface area contributed by atoms with Crippen LogP contribution in [0.5, 0.6) is 0 Å². The fraction of sp³-hybridized carbons (Fsp3) is 0.750. The summed E-state index contributed by atoms with van der Waals surface area (Å²) >= 11 is 1.13. The Hall–Kier alpha value is -3.39. The number of likely N-dealkylation sites (tertiary alicyclic amines) is 1. The zero-order chi connectivity index (χ0) is 37.5. The smallest absolute Gasteiger partial charge is 0.307 e. The van der Waals surface area contributed by atoms with Crippen molar-refractivity contribution in [2.45, 2.75) is 124 Å². The van der Waals surface area contributed by atoms with Crippen LogP contribution in [-0.4, -0.2) is 94.3 Å². The third-order valence-corrected chi connectivity index (χ3v) is 10.2. The molecule has 1 aliphatic heterocycles. The Morgan fingerprint density at radius 3 is 2.38 bits per heavy atom. The number of Topliss-reactive ketones (excluding diaryl/α,β-unsaturated/α-hetero) is 1. The molecule has 282 valence electrons. The van der Waals surface area contributed by atoms with Gasteiger partial charge in [-0.2, -0.15) is 0 Å². The topological polar surface area (TPSA) is 173 Å². The number of rotatable bonds is 21. The fourth-order valence-electron chi connectivity index (χ4n) is 6.17. The zero-order valence-corrected chi connectivity index (χ0v) is 31.9. The second-order valence-corrected chi connectivity index (χ2v) is 15.1. The summed E-state index contributed by atoms with van der Waals surface area (Å²) in [6, 6.07) is -0.849. The average Bonchev–Trinajstić information content (AvgIpc) is 3.54. The number of carboxylic acid groups (broad SMARTS) is 1. The van der Waals surface area contributed by atoms with Crippen LogP contribution in [0.4, 0.5) is 0 Å². The lowest BCUT2D eigenvalue weighted by molar-refractivity contribution is -0.162. The van der Waals surface area contributed by atoms with Crippen molar-refractivity contribution in [1.29, 1.82) is 0 Å². The number of nitrogens with one attached hydrogen (secondary N) is 1. The van der Waals surface area contributed by atoms with Gasteiger partial charge in [0.25, 0.3) is 5.91 Å². The van der Waals surface area contributed by atoms with Gasteiger partial charge in [-0.15, -0.1) is 11.3 Å². The highest BCUT2D eigenvalue weighted by Crippen LogP contribution is 2.33. The molecular weight excluding hydrogens is 664 g/mol. The molecule has 0 spiro atoms. The van der Waals surface area contributed by atoms with Crippen LogP contribution >= 0.6 is 11.3 Å². The summed E-state index contributed by atoms with van der Waals surface area (Å²) in [6.45, 7) is 13.5. The Balaban J connectivity index is 2.45. The maximum Gasteiger partial charge on any atom is 0.307 e. The van der Waals surface area contributed by atoms with Gasteiger partial charge in [0, 0.05) is 56.5 Å². The van der Waals surface area contributed by atoms with Crippen molar-refractivity contribution in [3.05, 3.63) is 16.1 Å². The second-order valence-electron chi connectivity index (χ2n) is 14.2. The summed E-state index contributed by atoms with van der Waals surface area (Å²) < 4.78 is 11.4. The van der Waals surface area contributed by atoms with E-state index in [1.165, 1.54) is 17.2 Å². The number of piperidine rings is 1. The van der Waals surface area contributed by atoms with Crippen LogP contribution in [-0.2, 0) is 33.4 Å². The molecule has 0 aromatic carbocycles. The van der Waals surface area contributed by atoms with Crippen molar-refractivity contribution in [3.63, 3.8) is 0 Å². The minimum atomic E-state index is -0.958. The lowest BCUT2D eigenvalue weighted by Crippen LogP contribution is -2.50. The Morgan fingerprint density at radius 1 is 1.10 bits per heavy atom. The summed E-state index contributed by atoms with van der Waals surface area (Å²) in [5.41, 5.74) is 0.0946. The zero-order valence-electron chi connectivity index (χ0n) is 31.1. The van der Waals surface area contributed by atoms with Crippen molar-refractivity contribution in [1.82, 2.24) is 20.1 Å². The Labute approximate surface area is 300 Å². The van der Waals surface area contributed by atoms with Crippen molar-refractivity contribution in [2.24, 2.45) is 23.7 Å². The Bertz CT molecular complexity index is 1300. The number of likely N-dealkylation sites (N-methyl/N-ethyl adjacent to an activating group) is 1. The highest BCUT2D eigenvalue weighted by molar-refractivity contribution is 7.09. The maximum atomic E-state index is 14.7. The first-order chi connectivity index (χ1) is 23.5. The molecule has 0 bridgehead atoms. The molecule has 2 N–H and O–H groups in total. The van der Waals surface area contributed by atoms with E-state index in [-0.39, 0.29) is 86.6 Å². The number of nitrogens with zero attached hydrogens (tertiary/aromatic N) is 3. The van der Waals surface area contributed by atoms with Crippen LogP contribution in [0.25, 0.3) is 0 Å². The predicted molar refractivity (Wildman–Crippen MR) is 189 cm³/mol. The number of carboxylic acids is 1. The van der Waals surface area contributed by atoms with Crippen LogP contribution < -0.4 is 5.32 Å². The molecule has 5 atom stereocenters. The van der Waals surface area contributed by atoms with Crippen LogP contribution in [0, 0.1) is 23.7 Å². The van der Waals surface area contributed by atoms with Crippen molar-refractivity contribution < 1.29 is 43.3 Å². The van der Waals surface area contributed by atoms with Gasteiger partial charge in [-0.3, -0.25) is 33.7 Å². The van der Waals surface area contributed by atoms with Gasteiger partial charge in [-0.25, -0.2) is 4.98 Å². The normalized spacial score (nSPS) is 17.4. The van der Waals surface area contributed by atoms with E-state index in [0.29, 0.717) is 11.4 Å². The van der Waals surface area contributed by atoms with Crippen molar-refractivity contribution in [3.8, 4) is 0 Å².